The van der Waals surface area contributed by atoms with Gasteiger partial charge in [-0.25, -0.2) is 9.98 Å². The Morgan fingerprint density at radius 2 is 1.97 bits per heavy atom. The Morgan fingerprint density at radius 1 is 1.21 bits per heavy atom. The number of rotatable bonds is 8. The Bertz CT molecular complexity index is 783. The molecule has 29 heavy (non-hydrogen) atoms. The third-order valence-electron chi connectivity index (χ3n) is 4.94. The standard InChI is InChI=1S/C22H33N5OS/c1-4-23-22(25-14-21-26-20(16-29-21)17(2)3)24-13-18-7-5-6-8-19(18)15-27-9-11-28-12-10-27/h5-8,16-17H,4,9-15H2,1-3H3,(H2,23,24,25). The predicted octanol–water partition coefficient (Wildman–Crippen LogP) is 3.35. The Morgan fingerprint density at radius 3 is 2.66 bits per heavy atom. The summed E-state index contributed by atoms with van der Waals surface area (Å²) < 4.78 is 5.47. The number of thiazole rings is 1. The van der Waals surface area contributed by atoms with Gasteiger partial charge >= 0.3 is 0 Å². The molecule has 1 aliphatic heterocycles. The zero-order valence-electron chi connectivity index (χ0n) is 17.8. The number of hydrogen-bond acceptors (Lipinski definition) is 5. The maximum atomic E-state index is 5.47. The summed E-state index contributed by atoms with van der Waals surface area (Å²) in [5, 5.41) is 10.00. The summed E-state index contributed by atoms with van der Waals surface area (Å²) in [6.45, 7) is 13.2. The number of ether oxygens (including phenoxy) is 1. The molecule has 6 nitrogen and oxygen atoms in total. The van der Waals surface area contributed by atoms with Crippen LogP contribution in [0.3, 0.4) is 0 Å². The van der Waals surface area contributed by atoms with E-state index < -0.39 is 0 Å². The van der Waals surface area contributed by atoms with Crippen molar-refractivity contribution < 1.29 is 4.74 Å². The number of nitrogens with one attached hydrogen (secondary N) is 2. The molecule has 0 spiro atoms. The van der Waals surface area contributed by atoms with E-state index in [9.17, 15) is 0 Å². The number of nitrogens with zero attached hydrogens (tertiary/aromatic N) is 3. The summed E-state index contributed by atoms with van der Waals surface area (Å²) in [6.07, 6.45) is 0. The summed E-state index contributed by atoms with van der Waals surface area (Å²) in [6, 6.07) is 8.60. The van der Waals surface area contributed by atoms with Crippen molar-refractivity contribution >= 4 is 17.3 Å². The van der Waals surface area contributed by atoms with E-state index in [1.165, 1.54) is 11.1 Å². The average molecular weight is 416 g/mol. The van der Waals surface area contributed by atoms with Crippen molar-refractivity contribution in [2.45, 2.75) is 46.3 Å². The molecular formula is C22H33N5OS. The van der Waals surface area contributed by atoms with Gasteiger partial charge in [0.25, 0.3) is 0 Å². The second-order valence-corrected chi connectivity index (χ2v) is 8.47. The van der Waals surface area contributed by atoms with E-state index in [0.29, 0.717) is 19.0 Å². The highest BCUT2D eigenvalue weighted by atomic mass is 32.1. The SMILES string of the molecule is CCNC(=NCc1ccccc1CN1CCOCC1)NCc1nc(C(C)C)cs1. The summed E-state index contributed by atoms with van der Waals surface area (Å²) in [5.41, 5.74) is 3.77. The molecule has 0 bridgehead atoms. The molecule has 2 N–H and O–H groups in total. The van der Waals surface area contributed by atoms with Crippen LogP contribution in [0.1, 0.15) is 48.5 Å². The molecule has 1 fully saturated rings. The Hall–Kier alpha value is -1.96. The van der Waals surface area contributed by atoms with Crippen molar-refractivity contribution in [2.24, 2.45) is 4.99 Å². The normalized spacial score (nSPS) is 15.7. The first kappa shape index (κ1) is 21.7. The van der Waals surface area contributed by atoms with Crippen LogP contribution in [0.5, 0.6) is 0 Å². The number of aromatic nitrogens is 1. The lowest BCUT2D eigenvalue weighted by molar-refractivity contribution is 0.0341. The lowest BCUT2D eigenvalue weighted by Gasteiger charge is -2.27. The molecule has 0 aliphatic carbocycles. The fourth-order valence-corrected chi connectivity index (χ4v) is 4.10. The van der Waals surface area contributed by atoms with Crippen molar-refractivity contribution in [2.75, 3.05) is 32.8 Å². The first-order valence-corrected chi connectivity index (χ1v) is 11.4. The zero-order valence-corrected chi connectivity index (χ0v) is 18.6. The van der Waals surface area contributed by atoms with Gasteiger partial charge in [0.1, 0.15) is 5.01 Å². The first-order chi connectivity index (χ1) is 14.2. The predicted molar refractivity (Wildman–Crippen MR) is 120 cm³/mol. The molecule has 1 aliphatic rings. The molecule has 1 saturated heterocycles. The molecule has 7 heteroatoms. The van der Waals surface area contributed by atoms with Crippen LogP contribution in [0.15, 0.2) is 34.6 Å². The minimum atomic E-state index is 0.463. The van der Waals surface area contributed by atoms with Gasteiger partial charge in [0.05, 0.1) is 32.0 Å². The minimum Gasteiger partial charge on any atom is -0.379 e. The number of guanidine groups is 1. The molecular weight excluding hydrogens is 382 g/mol. The summed E-state index contributed by atoms with van der Waals surface area (Å²) in [5.74, 6) is 1.29. The number of aliphatic imine (C=N–C) groups is 1. The fraction of sp³-hybridized carbons (Fsp3) is 0.545. The van der Waals surface area contributed by atoms with Gasteiger partial charge in [-0.2, -0.15) is 0 Å². The van der Waals surface area contributed by atoms with Crippen molar-refractivity contribution in [3.8, 4) is 0 Å². The first-order valence-electron chi connectivity index (χ1n) is 10.5. The number of morpholine rings is 1. The topological polar surface area (TPSA) is 61.8 Å². The van der Waals surface area contributed by atoms with Crippen LogP contribution in [0.2, 0.25) is 0 Å². The van der Waals surface area contributed by atoms with E-state index in [4.69, 9.17) is 14.7 Å². The van der Waals surface area contributed by atoms with Gasteiger partial charge in [-0.3, -0.25) is 4.90 Å². The monoisotopic (exact) mass is 415 g/mol. The molecule has 0 radical (unpaired) electrons. The van der Waals surface area contributed by atoms with Crippen LogP contribution in [-0.4, -0.2) is 48.7 Å². The van der Waals surface area contributed by atoms with E-state index in [2.05, 4.69) is 66.0 Å². The van der Waals surface area contributed by atoms with Crippen molar-refractivity contribution in [3.63, 3.8) is 0 Å². The highest BCUT2D eigenvalue weighted by molar-refractivity contribution is 7.09. The molecule has 0 atom stereocenters. The van der Waals surface area contributed by atoms with Gasteiger partial charge in [-0.1, -0.05) is 38.1 Å². The Kier molecular flexibility index (Phi) is 8.46. The van der Waals surface area contributed by atoms with E-state index in [1.54, 1.807) is 11.3 Å². The molecule has 2 heterocycles. The van der Waals surface area contributed by atoms with E-state index >= 15 is 0 Å². The third-order valence-corrected chi connectivity index (χ3v) is 5.80. The summed E-state index contributed by atoms with van der Waals surface area (Å²) in [7, 11) is 0. The maximum absolute atomic E-state index is 5.47. The second-order valence-electron chi connectivity index (χ2n) is 7.53. The molecule has 0 amide bonds. The maximum Gasteiger partial charge on any atom is 0.191 e. The molecule has 158 valence electrons. The molecule has 3 rings (SSSR count). The van der Waals surface area contributed by atoms with Crippen molar-refractivity contribution in [1.82, 2.24) is 20.5 Å². The van der Waals surface area contributed by atoms with Crippen molar-refractivity contribution in [1.29, 1.82) is 0 Å². The van der Waals surface area contributed by atoms with Crippen LogP contribution in [0.25, 0.3) is 0 Å². The van der Waals surface area contributed by atoms with Gasteiger partial charge in [-0.15, -0.1) is 11.3 Å². The van der Waals surface area contributed by atoms with Gasteiger partial charge in [-0.05, 0) is 24.0 Å². The highest BCUT2D eigenvalue weighted by Crippen LogP contribution is 2.17. The number of hydrogen-bond donors (Lipinski definition) is 2. The lowest BCUT2D eigenvalue weighted by Crippen LogP contribution is -2.37. The molecule has 1 aromatic heterocycles. The van der Waals surface area contributed by atoms with Gasteiger partial charge < -0.3 is 15.4 Å². The largest absolute Gasteiger partial charge is 0.379 e. The van der Waals surface area contributed by atoms with Gasteiger partial charge in [0.2, 0.25) is 0 Å². The third kappa shape index (κ3) is 6.80. The van der Waals surface area contributed by atoms with Crippen LogP contribution < -0.4 is 10.6 Å². The van der Waals surface area contributed by atoms with Crippen molar-refractivity contribution in [3.05, 3.63) is 51.5 Å². The van der Waals surface area contributed by atoms with Crippen LogP contribution in [0, 0.1) is 0 Å². The van der Waals surface area contributed by atoms with Gasteiger partial charge in [0, 0.05) is 31.6 Å². The highest BCUT2D eigenvalue weighted by Gasteiger charge is 2.13. The Labute approximate surface area is 178 Å². The quantitative estimate of drug-likeness (QED) is 0.511. The smallest absolute Gasteiger partial charge is 0.191 e. The minimum absolute atomic E-state index is 0.463. The molecule has 2 aromatic rings. The molecule has 1 aromatic carbocycles. The Balaban J connectivity index is 1.61. The van der Waals surface area contributed by atoms with E-state index in [0.717, 1.165) is 56.1 Å². The van der Waals surface area contributed by atoms with Crippen LogP contribution in [0.4, 0.5) is 0 Å². The van der Waals surface area contributed by atoms with Crippen LogP contribution in [-0.2, 0) is 24.4 Å². The number of benzene rings is 1. The van der Waals surface area contributed by atoms with E-state index in [1.807, 2.05) is 0 Å². The lowest BCUT2D eigenvalue weighted by atomic mass is 10.1. The van der Waals surface area contributed by atoms with E-state index in [-0.39, 0.29) is 0 Å². The van der Waals surface area contributed by atoms with Crippen LogP contribution >= 0.6 is 11.3 Å². The fourth-order valence-electron chi connectivity index (χ4n) is 3.20. The second kappa shape index (κ2) is 11.3. The molecule has 0 unspecified atom stereocenters. The molecule has 0 saturated carbocycles. The summed E-state index contributed by atoms with van der Waals surface area (Å²) in [4.78, 5) is 12.0. The zero-order chi connectivity index (χ0) is 20.5. The van der Waals surface area contributed by atoms with Gasteiger partial charge in [0.15, 0.2) is 5.96 Å². The average Bonchev–Trinajstić information content (AvgIpc) is 3.21. The summed E-state index contributed by atoms with van der Waals surface area (Å²) >= 11 is 1.70.